The Bertz CT molecular complexity index is 1060. The van der Waals surface area contributed by atoms with E-state index in [-0.39, 0.29) is 16.3 Å². The van der Waals surface area contributed by atoms with Gasteiger partial charge in [0.2, 0.25) is 0 Å². The molecule has 1 heterocycles. The van der Waals surface area contributed by atoms with Gasteiger partial charge in [-0.3, -0.25) is 0 Å². The lowest BCUT2D eigenvalue weighted by molar-refractivity contribution is 0.0779. The van der Waals surface area contributed by atoms with Crippen LogP contribution in [0.2, 0.25) is 0 Å². The number of hydrogen-bond donors (Lipinski definition) is 4. The fourth-order valence-electron chi connectivity index (χ4n) is 4.56. The van der Waals surface area contributed by atoms with E-state index in [9.17, 15) is 19.5 Å². The number of aryl methyl sites for hydroxylation is 2. The molecule has 2 unspecified atom stereocenters. The minimum atomic E-state index is -3.48. The van der Waals surface area contributed by atoms with E-state index in [0.717, 1.165) is 55.4 Å². The molecule has 2 atom stereocenters. The summed E-state index contributed by atoms with van der Waals surface area (Å²) in [5.74, 6) is 0. The van der Waals surface area contributed by atoms with Gasteiger partial charge in [0.1, 0.15) is 24.7 Å². The molecule has 0 fully saturated rings. The van der Waals surface area contributed by atoms with Crippen molar-refractivity contribution in [2.24, 2.45) is 9.50 Å². The monoisotopic (exact) mass is 451 g/mol. The lowest BCUT2D eigenvalue weighted by atomic mass is 9.92. The topological polar surface area (TPSA) is 129 Å². The second kappa shape index (κ2) is 7.96. The maximum absolute atomic E-state index is 13.2. The quantitative estimate of drug-likeness (QED) is 0.535. The van der Waals surface area contributed by atoms with E-state index in [0.29, 0.717) is 5.01 Å². The van der Waals surface area contributed by atoms with E-state index in [1.54, 1.807) is 13.8 Å². The summed E-state index contributed by atoms with van der Waals surface area (Å²) in [7, 11) is -3.48. The number of fused-ring (bicyclic) bond motifs is 2. The molecular formula is C21H29N3O4S2. The van der Waals surface area contributed by atoms with E-state index >= 15 is 0 Å². The molecule has 0 amide bonds. The Balaban J connectivity index is 1.68. The summed E-state index contributed by atoms with van der Waals surface area (Å²) >= 11 is 0.960. The molecule has 7 nitrogen and oxygen atoms in total. The SMILES string of the molecule is CC(C)(O)c1nc(CO)c(S(N)(=O)=NC(O)Cc2c3c(cc4c2CCC4)CCC3)s1. The molecule has 2 aromatic rings. The number of thiazole rings is 1. The molecule has 0 saturated heterocycles. The van der Waals surface area contributed by atoms with Crippen molar-refractivity contribution in [3.05, 3.63) is 44.6 Å². The summed E-state index contributed by atoms with van der Waals surface area (Å²) in [5.41, 5.74) is 5.37. The van der Waals surface area contributed by atoms with Crippen molar-refractivity contribution in [2.75, 3.05) is 0 Å². The first-order chi connectivity index (χ1) is 14.1. The summed E-state index contributed by atoms with van der Waals surface area (Å²) in [4.78, 5) is 4.17. The van der Waals surface area contributed by atoms with Crippen molar-refractivity contribution in [2.45, 2.75) is 81.4 Å². The smallest absolute Gasteiger partial charge is 0.159 e. The standard InChI is InChI=1S/C21H29N3O4S2/c1-21(2,27)20-23-17(11-25)19(29-20)30(22,28)24-18(26)10-16-14-7-3-5-12(14)9-13-6-4-8-15(13)16/h9,18,25-27H,3-8,10-11H2,1-2H3,(H2,22,24,28). The van der Waals surface area contributed by atoms with Gasteiger partial charge in [0.05, 0.1) is 12.3 Å². The third-order valence-electron chi connectivity index (χ3n) is 5.86. The first kappa shape index (κ1) is 21.9. The van der Waals surface area contributed by atoms with Crippen molar-refractivity contribution in [3.8, 4) is 0 Å². The van der Waals surface area contributed by atoms with Crippen molar-refractivity contribution >= 4 is 21.3 Å². The first-order valence-electron chi connectivity index (χ1n) is 10.3. The average molecular weight is 452 g/mol. The van der Waals surface area contributed by atoms with Gasteiger partial charge in [0.25, 0.3) is 0 Å². The maximum atomic E-state index is 13.2. The minimum absolute atomic E-state index is 0.102. The summed E-state index contributed by atoms with van der Waals surface area (Å²) in [6.45, 7) is 2.64. The van der Waals surface area contributed by atoms with Crippen LogP contribution in [0.3, 0.4) is 0 Å². The second-order valence-corrected chi connectivity index (χ2v) is 11.7. The van der Waals surface area contributed by atoms with Crippen LogP contribution < -0.4 is 5.14 Å². The molecule has 0 spiro atoms. The normalized spacial score (nSPS) is 18.7. The number of rotatable bonds is 6. The van der Waals surface area contributed by atoms with E-state index in [1.165, 1.54) is 22.3 Å². The molecule has 0 saturated carbocycles. The van der Waals surface area contributed by atoms with Crippen LogP contribution in [0, 0.1) is 0 Å². The van der Waals surface area contributed by atoms with Crippen LogP contribution in [0.25, 0.3) is 0 Å². The Hall–Kier alpha value is -1.36. The Morgan fingerprint density at radius 1 is 1.23 bits per heavy atom. The Morgan fingerprint density at radius 2 is 1.83 bits per heavy atom. The summed E-state index contributed by atoms with van der Waals surface area (Å²) in [6, 6.07) is 2.33. The molecule has 164 valence electrons. The highest BCUT2D eigenvalue weighted by atomic mass is 32.2. The molecule has 0 aliphatic heterocycles. The van der Waals surface area contributed by atoms with Crippen LogP contribution in [0.4, 0.5) is 0 Å². The third-order valence-corrected chi connectivity index (χ3v) is 9.36. The van der Waals surface area contributed by atoms with Gasteiger partial charge in [-0.25, -0.2) is 14.3 Å². The molecule has 2 aliphatic carbocycles. The number of nitrogens with zero attached hydrogens (tertiary/aromatic N) is 2. The second-order valence-electron chi connectivity index (χ2n) is 8.67. The van der Waals surface area contributed by atoms with E-state index in [1.807, 2.05) is 0 Å². The average Bonchev–Trinajstić information content (AvgIpc) is 3.38. The van der Waals surface area contributed by atoms with Gasteiger partial charge in [-0.1, -0.05) is 6.07 Å². The molecule has 4 rings (SSSR count). The Labute approximate surface area is 181 Å². The fraction of sp³-hybridized carbons (Fsp3) is 0.571. The molecule has 1 aromatic heterocycles. The lowest BCUT2D eigenvalue weighted by Gasteiger charge is -2.17. The van der Waals surface area contributed by atoms with Crippen LogP contribution in [-0.4, -0.2) is 30.7 Å². The Morgan fingerprint density at radius 3 is 2.37 bits per heavy atom. The molecular weight excluding hydrogens is 422 g/mol. The van der Waals surface area contributed by atoms with E-state index in [2.05, 4.69) is 15.4 Å². The number of aliphatic hydroxyl groups is 3. The van der Waals surface area contributed by atoms with Crippen molar-refractivity contribution < 1.29 is 19.5 Å². The zero-order chi connectivity index (χ0) is 21.7. The highest BCUT2D eigenvalue weighted by Crippen LogP contribution is 2.36. The zero-order valence-electron chi connectivity index (χ0n) is 17.3. The number of nitrogens with two attached hydrogens (primary N) is 1. The lowest BCUT2D eigenvalue weighted by Crippen LogP contribution is -2.20. The van der Waals surface area contributed by atoms with Crippen LogP contribution in [-0.2, 0) is 54.2 Å². The van der Waals surface area contributed by atoms with Gasteiger partial charge in [-0.15, -0.1) is 11.3 Å². The Kier molecular flexibility index (Phi) is 5.80. The van der Waals surface area contributed by atoms with Crippen molar-refractivity contribution in [1.82, 2.24) is 4.98 Å². The maximum Gasteiger partial charge on any atom is 0.159 e. The molecule has 9 heteroatoms. The van der Waals surface area contributed by atoms with Crippen LogP contribution >= 0.6 is 11.3 Å². The third kappa shape index (κ3) is 4.06. The van der Waals surface area contributed by atoms with Gasteiger partial charge in [-0.05, 0) is 80.2 Å². The molecule has 0 bridgehead atoms. The summed E-state index contributed by atoms with van der Waals surface area (Å²) in [5, 5.41) is 36.9. The molecule has 2 aliphatic rings. The fourth-order valence-corrected chi connectivity index (χ4v) is 7.19. The van der Waals surface area contributed by atoms with E-state index in [4.69, 9.17) is 5.14 Å². The largest absolute Gasteiger partial charge is 0.390 e. The van der Waals surface area contributed by atoms with Crippen LogP contribution in [0.1, 0.15) is 65.2 Å². The minimum Gasteiger partial charge on any atom is -0.390 e. The van der Waals surface area contributed by atoms with E-state index < -0.39 is 28.4 Å². The number of hydrogen-bond acceptors (Lipinski definition) is 7. The predicted octanol–water partition coefficient (Wildman–Crippen LogP) is 2.10. The van der Waals surface area contributed by atoms with Gasteiger partial charge in [0.15, 0.2) is 6.23 Å². The molecule has 5 N–H and O–H groups in total. The van der Waals surface area contributed by atoms with Gasteiger partial charge >= 0.3 is 0 Å². The highest BCUT2D eigenvalue weighted by Gasteiger charge is 2.28. The number of aromatic nitrogens is 1. The van der Waals surface area contributed by atoms with Crippen LogP contribution in [0.15, 0.2) is 14.6 Å². The summed E-state index contributed by atoms with van der Waals surface area (Å²) in [6.07, 6.45) is 5.43. The molecule has 30 heavy (non-hydrogen) atoms. The van der Waals surface area contributed by atoms with Crippen LogP contribution in [0.5, 0.6) is 0 Å². The zero-order valence-corrected chi connectivity index (χ0v) is 19.0. The first-order valence-corrected chi connectivity index (χ1v) is 12.7. The molecule has 0 radical (unpaired) electrons. The predicted molar refractivity (Wildman–Crippen MR) is 117 cm³/mol. The van der Waals surface area contributed by atoms with Crippen molar-refractivity contribution in [3.63, 3.8) is 0 Å². The molecule has 1 aromatic carbocycles. The highest BCUT2D eigenvalue weighted by molar-refractivity contribution is 7.93. The number of aliphatic hydroxyl groups excluding tert-OH is 2. The van der Waals surface area contributed by atoms with Crippen molar-refractivity contribution in [1.29, 1.82) is 0 Å². The van der Waals surface area contributed by atoms with Gasteiger partial charge in [0, 0.05) is 6.42 Å². The van der Waals surface area contributed by atoms with Gasteiger partial charge in [-0.2, -0.15) is 4.36 Å². The van der Waals surface area contributed by atoms with Gasteiger partial charge < -0.3 is 15.3 Å². The number of benzene rings is 1. The summed E-state index contributed by atoms with van der Waals surface area (Å²) < 4.78 is 17.4.